The molecule has 0 fully saturated rings. The Labute approximate surface area is 205 Å². The van der Waals surface area contributed by atoms with Crippen molar-refractivity contribution in [3.05, 3.63) is 84.4 Å². The summed E-state index contributed by atoms with van der Waals surface area (Å²) in [4.78, 5) is 27.2. The maximum absolute atomic E-state index is 13.2. The lowest BCUT2D eigenvalue weighted by molar-refractivity contribution is -0.128. The van der Waals surface area contributed by atoms with E-state index >= 15 is 0 Å². The SMILES string of the molecule is Cc1cccc(NC(=O)N(CCNC(=O)C(C)(C)CCl)c2ccc(Oc3ccccc3)cc2)c1. The van der Waals surface area contributed by atoms with E-state index in [2.05, 4.69) is 10.6 Å². The van der Waals surface area contributed by atoms with Gasteiger partial charge in [0.1, 0.15) is 11.5 Å². The molecule has 0 radical (unpaired) electrons. The van der Waals surface area contributed by atoms with Crippen LogP contribution in [0.3, 0.4) is 0 Å². The second-order valence-electron chi connectivity index (χ2n) is 8.63. The van der Waals surface area contributed by atoms with E-state index < -0.39 is 5.41 Å². The molecule has 0 aliphatic rings. The van der Waals surface area contributed by atoms with Crippen LogP contribution in [0.5, 0.6) is 11.5 Å². The molecule has 178 valence electrons. The van der Waals surface area contributed by atoms with Gasteiger partial charge in [-0.25, -0.2) is 4.79 Å². The maximum atomic E-state index is 13.2. The third kappa shape index (κ3) is 6.99. The monoisotopic (exact) mass is 479 g/mol. The van der Waals surface area contributed by atoms with Crippen LogP contribution in [0.1, 0.15) is 19.4 Å². The van der Waals surface area contributed by atoms with Gasteiger partial charge in [0.2, 0.25) is 5.91 Å². The van der Waals surface area contributed by atoms with Crippen molar-refractivity contribution in [2.75, 3.05) is 29.2 Å². The number of aryl methyl sites for hydroxylation is 1. The van der Waals surface area contributed by atoms with Gasteiger partial charge in [0, 0.05) is 30.3 Å². The van der Waals surface area contributed by atoms with Crippen molar-refractivity contribution in [1.82, 2.24) is 5.32 Å². The second-order valence-corrected chi connectivity index (χ2v) is 8.90. The van der Waals surface area contributed by atoms with Gasteiger partial charge >= 0.3 is 6.03 Å². The van der Waals surface area contributed by atoms with Gasteiger partial charge in [-0.1, -0.05) is 30.3 Å². The number of carbonyl (C=O) groups excluding carboxylic acids is 2. The van der Waals surface area contributed by atoms with Crippen LogP contribution in [0.4, 0.5) is 16.2 Å². The highest BCUT2D eigenvalue weighted by atomic mass is 35.5. The Kier molecular flexibility index (Phi) is 8.55. The van der Waals surface area contributed by atoms with Crippen LogP contribution in [0, 0.1) is 12.3 Å². The molecule has 3 aromatic carbocycles. The Hall–Kier alpha value is -3.51. The Morgan fingerprint density at radius 3 is 2.26 bits per heavy atom. The molecule has 0 aliphatic heterocycles. The highest BCUT2D eigenvalue weighted by molar-refractivity contribution is 6.19. The van der Waals surface area contributed by atoms with Crippen molar-refractivity contribution in [3.63, 3.8) is 0 Å². The molecule has 0 spiro atoms. The molecule has 0 aliphatic carbocycles. The minimum atomic E-state index is -0.688. The van der Waals surface area contributed by atoms with E-state index in [9.17, 15) is 9.59 Å². The summed E-state index contributed by atoms with van der Waals surface area (Å²) < 4.78 is 5.86. The first-order valence-corrected chi connectivity index (χ1v) is 11.6. The fourth-order valence-corrected chi connectivity index (χ4v) is 3.28. The summed E-state index contributed by atoms with van der Waals surface area (Å²) in [5.41, 5.74) is 1.73. The summed E-state index contributed by atoms with van der Waals surface area (Å²) in [6.07, 6.45) is 0. The van der Waals surface area contributed by atoms with Crippen LogP contribution in [0.25, 0.3) is 0 Å². The number of rotatable bonds is 9. The quantitative estimate of drug-likeness (QED) is 0.358. The van der Waals surface area contributed by atoms with Crippen molar-refractivity contribution < 1.29 is 14.3 Å². The summed E-state index contributed by atoms with van der Waals surface area (Å²) >= 11 is 5.90. The predicted molar refractivity (Wildman–Crippen MR) is 138 cm³/mol. The maximum Gasteiger partial charge on any atom is 0.326 e. The number of anilines is 2. The molecule has 3 aromatic rings. The van der Waals surface area contributed by atoms with E-state index in [-0.39, 0.29) is 30.9 Å². The Morgan fingerprint density at radius 1 is 0.941 bits per heavy atom. The average Bonchev–Trinajstić information content (AvgIpc) is 2.83. The van der Waals surface area contributed by atoms with E-state index in [4.69, 9.17) is 16.3 Å². The minimum absolute atomic E-state index is 0.159. The van der Waals surface area contributed by atoms with Gasteiger partial charge in [0.15, 0.2) is 0 Å². The molecule has 3 amide bonds. The molecule has 0 saturated carbocycles. The number of halogens is 1. The Morgan fingerprint density at radius 2 is 1.62 bits per heavy atom. The number of alkyl halides is 1. The third-order valence-corrected chi connectivity index (χ3v) is 5.88. The van der Waals surface area contributed by atoms with Gasteiger partial charge in [-0.15, -0.1) is 11.6 Å². The fraction of sp³-hybridized carbons (Fsp3) is 0.259. The van der Waals surface area contributed by atoms with Crippen molar-refractivity contribution in [3.8, 4) is 11.5 Å². The molecule has 3 rings (SSSR count). The standard InChI is InChI=1S/C27H30ClN3O3/c1-20-8-7-9-21(18-20)30-26(33)31(17-16-29-25(32)27(2,3)19-28)22-12-14-24(15-13-22)34-23-10-5-4-6-11-23/h4-15,18H,16-17,19H2,1-3H3,(H,29,32)(H,30,33). The van der Waals surface area contributed by atoms with Crippen LogP contribution < -0.4 is 20.3 Å². The summed E-state index contributed by atoms with van der Waals surface area (Å²) in [5, 5.41) is 5.81. The summed E-state index contributed by atoms with van der Waals surface area (Å²) in [7, 11) is 0. The number of para-hydroxylation sites is 1. The highest BCUT2D eigenvalue weighted by Crippen LogP contribution is 2.25. The molecule has 34 heavy (non-hydrogen) atoms. The first kappa shape index (κ1) is 25.1. The minimum Gasteiger partial charge on any atom is -0.457 e. The molecule has 0 heterocycles. The number of carbonyl (C=O) groups is 2. The number of hydrogen-bond acceptors (Lipinski definition) is 3. The Bertz CT molecular complexity index is 1100. The number of urea groups is 1. The van der Waals surface area contributed by atoms with Gasteiger partial charge in [0.05, 0.1) is 5.41 Å². The molecular weight excluding hydrogens is 450 g/mol. The molecule has 6 nitrogen and oxygen atoms in total. The summed E-state index contributed by atoms with van der Waals surface area (Å²) in [6.45, 7) is 6.09. The molecular formula is C27H30ClN3O3. The van der Waals surface area contributed by atoms with Crippen LogP contribution in [0.15, 0.2) is 78.9 Å². The number of hydrogen-bond donors (Lipinski definition) is 2. The lowest BCUT2D eigenvalue weighted by Gasteiger charge is -2.25. The van der Waals surface area contributed by atoms with Crippen molar-refractivity contribution >= 4 is 34.9 Å². The number of benzene rings is 3. The zero-order valence-corrected chi connectivity index (χ0v) is 20.4. The summed E-state index contributed by atoms with van der Waals surface area (Å²) in [5.74, 6) is 1.44. The zero-order valence-electron chi connectivity index (χ0n) is 19.7. The normalized spacial score (nSPS) is 10.9. The van der Waals surface area contributed by atoms with Gasteiger partial charge in [-0.3, -0.25) is 9.69 Å². The van der Waals surface area contributed by atoms with Crippen LogP contribution >= 0.6 is 11.6 Å². The molecule has 0 aromatic heterocycles. The highest BCUT2D eigenvalue weighted by Gasteiger charge is 2.26. The molecule has 0 atom stereocenters. The first-order chi connectivity index (χ1) is 16.3. The molecule has 7 heteroatoms. The van der Waals surface area contributed by atoms with E-state index in [0.717, 1.165) is 11.3 Å². The number of nitrogens with one attached hydrogen (secondary N) is 2. The van der Waals surface area contributed by atoms with E-state index in [1.165, 1.54) is 0 Å². The van der Waals surface area contributed by atoms with Gasteiger partial charge in [-0.2, -0.15) is 0 Å². The summed E-state index contributed by atoms with van der Waals surface area (Å²) in [6, 6.07) is 24.0. The van der Waals surface area contributed by atoms with Crippen molar-refractivity contribution in [2.45, 2.75) is 20.8 Å². The van der Waals surface area contributed by atoms with Gasteiger partial charge in [-0.05, 0) is 74.9 Å². The van der Waals surface area contributed by atoms with Crippen LogP contribution in [-0.2, 0) is 4.79 Å². The van der Waals surface area contributed by atoms with E-state index in [1.807, 2.05) is 85.8 Å². The zero-order chi connectivity index (χ0) is 24.6. The van der Waals surface area contributed by atoms with Crippen LogP contribution in [-0.4, -0.2) is 30.9 Å². The fourth-order valence-electron chi connectivity index (χ4n) is 3.16. The lowest BCUT2D eigenvalue weighted by atomic mass is 9.95. The molecule has 0 saturated heterocycles. The topological polar surface area (TPSA) is 70.7 Å². The van der Waals surface area contributed by atoms with Gasteiger partial charge in [0.25, 0.3) is 0 Å². The van der Waals surface area contributed by atoms with Crippen molar-refractivity contribution in [2.24, 2.45) is 5.41 Å². The van der Waals surface area contributed by atoms with Crippen molar-refractivity contribution in [1.29, 1.82) is 0 Å². The van der Waals surface area contributed by atoms with Gasteiger partial charge < -0.3 is 15.4 Å². The molecule has 2 N–H and O–H groups in total. The predicted octanol–water partition coefficient (Wildman–Crippen LogP) is 6.21. The first-order valence-electron chi connectivity index (χ1n) is 11.1. The number of nitrogens with zero attached hydrogens (tertiary/aromatic N) is 1. The molecule has 0 bridgehead atoms. The largest absolute Gasteiger partial charge is 0.457 e. The average molecular weight is 480 g/mol. The second kappa shape index (κ2) is 11.6. The van der Waals surface area contributed by atoms with Crippen LogP contribution in [0.2, 0.25) is 0 Å². The lowest BCUT2D eigenvalue weighted by Crippen LogP contribution is -2.44. The number of ether oxygens (including phenoxy) is 1. The number of amides is 3. The smallest absolute Gasteiger partial charge is 0.326 e. The van der Waals surface area contributed by atoms with E-state index in [1.54, 1.807) is 18.7 Å². The Balaban J connectivity index is 1.74. The van der Waals surface area contributed by atoms with E-state index in [0.29, 0.717) is 17.1 Å². The third-order valence-electron chi connectivity index (χ3n) is 5.21. The molecule has 0 unspecified atom stereocenters.